The molecule has 0 saturated carbocycles. The molecule has 0 aliphatic rings. The van der Waals surface area contributed by atoms with Crippen molar-refractivity contribution in [2.24, 2.45) is 0 Å². The molecule has 23 heavy (non-hydrogen) atoms. The molecule has 0 aliphatic heterocycles. The molecule has 0 heterocycles. The maximum Gasteiger partial charge on any atom is 0.419 e. The molecule has 0 fully saturated rings. The number of benzene rings is 2. The summed E-state index contributed by atoms with van der Waals surface area (Å²) < 4.78 is 19.6. The highest BCUT2D eigenvalue weighted by Crippen LogP contribution is 2.11. The molecule has 0 aliphatic carbocycles. The minimum absolute atomic E-state index is 0.0418. The Morgan fingerprint density at radius 3 is 2.26 bits per heavy atom. The molecule has 0 saturated heterocycles. The standard InChI is InChI=1S/C16H15NO5S/c1-23(21,14-9-7-13(8-10-14)15(18)19)17-16(20)22-11-12-5-3-2-4-6-12/h2-10H,1,11H2,(H,18,19)(H,17,20,21). The minimum Gasteiger partial charge on any atom is -0.478 e. The third kappa shape index (κ3) is 4.58. The second-order valence-corrected chi connectivity index (χ2v) is 6.69. The molecular formula is C16H15NO5S. The second kappa shape index (κ2) is 6.97. The van der Waals surface area contributed by atoms with Gasteiger partial charge < -0.3 is 9.84 Å². The molecule has 120 valence electrons. The highest BCUT2D eigenvalue weighted by atomic mass is 32.2. The maximum absolute atomic E-state index is 12.4. The summed E-state index contributed by atoms with van der Waals surface area (Å²) in [7, 11) is -3.12. The number of carbonyl (C=O) groups excluding carboxylic acids is 1. The Hall–Kier alpha value is -2.80. The van der Waals surface area contributed by atoms with E-state index in [1.165, 1.54) is 24.3 Å². The molecule has 1 amide bonds. The monoisotopic (exact) mass is 333 g/mol. The average molecular weight is 333 g/mol. The van der Waals surface area contributed by atoms with Crippen LogP contribution in [0.4, 0.5) is 4.79 Å². The number of carbonyl (C=O) groups is 2. The smallest absolute Gasteiger partial charge is 0.419 e. The predicted molar refractivity (Wildman–Crippen MR) is 86.7 cm³/mol. The molecule has 0 aromatic heterocycles. The van der Waals surface area contributed by atoms with Gasteiger partial charge in [0.1, 0.15) is 6.61 Å². The van der Waals surface area contributed by atoms with Crippen LogP contribution in [0.1, 0.15) is 15.9 Å². The Morgan fingerprint density at radius 1 is 1.09 bits per heavy atom. The predicted octanol–water partition coefficient (Wildman–Crippen LogP) is 2.30. The zero-order chi connectivity index (χ0) is 16.9. The third-order valence-corrected chi connectivity index (χ3v) is 4.47. The fourth-order valence-electron chi connectivity index (χ4n) is 1.76. The number of hydrogen-bond acceptors (Lipinski definition) is 4. The largest absolute Gasteiger partial charge is 0.478 e. The van der Waals surface area contributed by atoms with Gasteiger partial charge in [-0.15, -0.1) is 0 Å². The third-order valence-electron chi connectivity index (χ3n) is 2.94. The first-order chi connectivity index (χ1) is 10.9. The van der Waals surface area contributed by atoms with Gasteiger partial charge in [-0.1, -0.05) is 30.3 Å². The van der Waals surface area contributed by atoms with Gasteiger partial charge in [-0.05, 0) is 35.7 Å². The number of carboxylic acid groups (broad SMARTS) is 1. The van der Waals surface area contributed by atoms with E-state index in [0.29, 0.717) is 0 Å². The van der Waals surface area contributed by atoms with Crippen LogP contribution in [0, 0.1) is 0 Å². The van der Waals surface area contributed by atoms with E-state index in [0.717, 1.165) is 5.56 Å². The van der Waals surface area contributed by atoms with Gasteiger partial charge in [0.2, 0.25) is 0 Å². The zero-order valence-corrected chi connectivity index (χ0v) is 12.9. The van der Waals surface area contributed by atoms with Gasteiger partial charge >= 0.3 is 12.1 Å². The van der Waals surface area contributed by atoms with Gasteiger partial charge in [0.05, 0.1) is 15.3 Å². The maximum atomic E-state index is 12.4. The summed E-state index contributed by atoms with van der Waals surface area (Å²) in [6.45, 7) is 0.0418. The Bertz CT molecular complexity index is 798. The Morgan fingerprint density at radius 2 is 1.70 bits per heavy atom. The number of rotatable bonds is 5. The quantitative estimate of drug-likeness (QED) is 0.819. The fourth-order valence-corrected chi connectivity index (χ4v) is 2.79. The summed E-state index contributed by atoms with van der Waals surface area (Å²) in [4.78, 5) is 22.7. The van der Waals surface area contributed by atoms with Crippen LogP contribution >= 0.6 is 0 Å². The lowest BCUT2D eigenvalue weighted by Crippen LogP contribution is -2.30. The molecule has 6 nitrogen and oxygen atoms in total. The molecule has 0 radical (unpaired) electrons. The van der Waals surface area contributed by atoms with E-state index in [4.69, 9.17) is 9.84 Å². The van der Waals surface area contributed by atoms with Gasteiger partial charge in [0, 0.05) is 4.90 Å². The molecule has 1 unspecified atom stereocenters. The highest BCUT2D eigenvalue weighted by molar-refractivity contribution is 7.99. The SMILES string of the molecule is C=S(=O)(NC(=O)OCc1ccccc1)c1ccc(C(=O)O)cc1. The highest BCUT2D eigenvalue weighted by Gasteiger charge is 2.13. The normalized spacial score (nSPS) is 12.9. The Balaban J connectivity index is 1.99. The number of aromatic carboxylic acids is 1. The van der Waals surface area contributed by atoms with E-state index in [9.17, 15) is 13.8 Å². The number of nitrogens with one attached hydrogen (secondary N) is 1. The van der Waals surface area contributed by atoms with Gasteiger partial charge in [-0.2, -0.15) is 0 Å². The van der Waals surface area contributed by atoms with E-state index in [1.807, 2.05) is 18.2 Å². The van der Waals surface area contributed by atoms with Crippen molar-refractivity contribution in [2.45, 2.75) is 11.5 Å². The lowest BCUT2D eigenvalue weighted by molar-refractivity contribution is 0.0696. The van der Waals surface area contributed by atoms with Crippen LogP contribution in [0.15, 0.2) is 59.5 Å². The lowest BCUT2D eigenvalue weighted by atomic mass is 10.2. The van der Waals surface area contributed by atoms with Crippen LogP contribution in [0.3, 0.4) is 0 Å². The minimum atomic E-state index is -3.12. The molecule has 2 aromatic carbocycles. The molecule has 2 rings (SSSR count). The van der Waals surface area contributed by atoms with Crippen LogP contribution in [0.25, 0.3) is 0 Å². The lowest BCUT2D eigenvalue weighted by Gasteiger charge is -2.12. The van der Waals surface area contributed by atoms with Crippen LogP contribution in [0.2, 0.25) is 0 Å². The topological polar surface area (TPSA) is 92.7 Å². The first-order valence-electron chi connectivity index (χ1n) is 6.57. The van der Waals surface area contributed by atoms with E-state index in [-0.39, 0.29) is 17.1 Å². The van der Waals surface area contributed by atoms with E-state index < -0.39 is 21.8 Å². The van der Waals surface area contributed by atoms with Crippen LogP contribution in [-0.4, -0.2) is 27.2 Å². The van der Waals surface area contributed by atoms with Crippen molar-refractivity contribution in [2.75, 3.05) is 0 Å². The summed E-state index contributed by atoms with van der Waals surface area (Å²) in [6, 6.07) is 14.3. The number of amides is 1. The van der Waals surface area contributed by atoms with Crippen molar-refractivity contribution in [3.8, 4) is 0 Å². The number of hydrogen-bond donors (Lipinski definition) is 2. The van der Waals surface area contributed by atoms with Crippen molar-refractivity contribution in [3.63, 3.8) is 0 Å². The second-order valence-electron chi connectivity index (χ2n) is 4.67. The summed E-state index contributed by atoms with van der Waals surface area (Å²) in [6.07, 6.45) is -0.865. The molecule has 2 aromatic rings. The van der Waals surface area contributed by atoms with Crippen LogP contribution in [0.5, 0.6) is 0 Å². The van der Waals surface area contributed by atoms with E-state index >= 15 is 0 Å². The summed E-state index contributed by atoms with van der Waals surface area (Å²) in [5.74, 6) is 2.38. The number of ether oxygens (including phenoxy) is 1. The van der Waals surface area contributed by atoms with Gasteiger partial charge in [-0.25, -0.2) is 18.5 Å². The van der Waals surface area contributed by atoms with Crippen molar-refractivity contribution < 1.29 is 23.6 Å². The van der Waals surface area contributed by atoms with Crippen molar-refractivity contribution in [3.05, 3.63) is 65.7 Å². The number of carboxylic acids is 1. The Labute approximate surface area is 133 Å². The molecule has 0 spiro atoms. The van der Waals surface area contributed by atoms with Gasteiger partial charge in [0.15, 0.2) is 0 Å². The van der Waals surface area contributed by atoms with Crippen LogP contribution in [-0.2, 0) is 21.1 Å². The van der Waals surface area contributed by atoms with Gasteiger partial charge in [0.25, 0.3) is 0 Å². The molecule has 0 bridgehead atoms. The first-order valence-corrected chi connectivity index (χ1v) is 8.30. The van der Waals surface area contributed by atoms with E-state index in [1.54, 1.807) is 12.1 Å². The molecule has 1 atom stereocenters. The fraction of sp³-hybridized carbons (Fsp3) is 0.0625. The first kappa shape index (κ1) is 16.6. The van der Waals surface area contributed by atoms with Crippen molar-refractivity contribution in [1.82, 2.24) is 4.72 Å². The van der Waals surface area contributed by atoms with E-state index in [2.05, 4.69) is 10.6 Å². The zero-order valence-electron chi connectivity index (χ0n) is 12.1. The summed E-state index contributed by atoms with van der Waals surface area (Å²) in [5.41, 5.74) is 0.847. The Kier molecular flexibility index (Phi) is 5.02. The van der Waals surface area contributed by atoms with Gasteiger partial charge in [-0.3, -0.25) is 0 Å². The summed E-state index contributed by atoms with van der Waals surface area (Å²) in [5, 5.41) is 8.83. The van der Waals surface area contributed by atoms with Crippen molar-refractivity contribution >= 4 is 27.6 Å². The van der Waals surface area contributed by atoms with Crippen LogP contribution < -0.4 is 4.72 Å². The van der Waals surface area contributed by atoms with Crippen molar-refractivity contribution in [1.29, 1.82) is 0 Å². The summed E-state index contributed by atoms with van der Waals surface area (Å²) >= 11 is 0. The molecular weight excluding hydrogens is 318 g/mol. The molecule has 7 heteroatoms. The molecule has 2 N–H and O–H groups in total. The average Bonchev–Trinajstić information content (AvgIpc) is 2.53.